The van der Waals surface area contributed by atoms with E-state index in [9.17, 15) is 4.57 Å². The summed E-state index contributed by atoms with van der Waals surface area (Å²) in [5, 5.41) is 5.26. The van der Waals surface area contributed by atoms with Crippen LogP contribution in [0.2, 0.25) is 0 Å². The van der Waals surface area contributed by atoms with Crippen LogP contribution in [0.15, 0.2) is 121 Å². The Morgan fingerprint density at radius 1 is 0.594 bits per heavy atom. The van der Waals surface area contributed by atoms with Gasteiger partial charge in [0, 0.05) is 36.8 Å². The molecule has 4 aromatic rings. The van der Waals surface area contributed by atoms with Crippen LogP contribution >= 0.6 is 7.29 Å². The topological polar surface area (TPSA) is 32.3 Å². The molecule has 0 aromatic heterocycles. The molecule has 1 N–H and O–H groups in total. The van der Waals surface area contributed by atoms with Gasteiger partial charge in [-0.2, -0.15) is 0 Å². The SMILES string of the molecule is O=P(c1ccccc1)(c1ccccc1)N(CCNCc1ccccc1)Cc1ccccc1. The van der Waals surface area contributed by atoms with E-state index in [-0.39, 0.29) is 0 Å². The average Bonchev–Trinajstić information content (AvgIpc) is 2.87. The van der Waals surface area contributed by atoms with E-state index in [2.05, 4.69) is 46.4 Å². The second-order valence-corrected chi connectivity index (χ2v) is 10.5. The van der Waals surface area contributed by atoms with Crippen molar-refractivity contribution in [2.45, 2.75) is 13.1 Å². The summed E-state index contributed by atoms with van der Waals surface area (Å²) in [5.74, 6) is 0. The van der Waals surface area contributed by atoms with Gasteiger partial charge in [0.05, 0.1) is 0 Å². The first-order valence-corrected chi connectivity index (χ1v) is 12.7. The molecule has 0 unspecified atom stereocenters. The summed E-state index contributed by atoms with van der Waals surface area (Å²) in [6, 6.07) is 40.5. The number of rotatable bonds is 10. The molecule has 0 saturated heterocycles. The molecule has 4 rings (SSSR count). The molecule has 0 bridgehead atoms. The third-order valence-corrected chi connectivity index (χ3v) is 8.67. The molecule has 0 radical (unpaired) electrons. The lowest BCUT2D eigenvalue weighted by Crippen LogP contribution is -2.36. The molecule has 0 spiro atoms. The second-order valence-electron chi connectivity index (χ2n) is 7.78. The van der Waals surface area contributed by atoms with Crippen molar-refractivity contribution in [1.29, 1.82) is 0 Å². The van der Waals surface area contributed by atoms with E-state index < -0.39 is 7.29 Å². The average molecular weight is 441 g/mol. The van der Waals surface area contributed by atoms with E-state index in [0.29, 0.717) is 13.1 Å². The highest BCUT2D eigenvalue weighted by molar-refractivity contribution is 7.76. The van der Waals surface area contributed by atoms with Crippen LogP contribution in [-0.2, 0) is 17.7 Å². The van der Waals surface area contributed by atoms with Crippen LogP contribution in [0.1, 0.15) is 11.1 Å². The molecule has 0 heterocycles. The maximum absolute atomic E-state index is 14.9. The first kappa shape index (κ1) is 22.2. The van der Waals surface area contributed by atoms with Crippen molar-refractivity contribution in [2.24, 2.45) is 0 Å². The Morgan fingerprint density at radius 3 is 1.53 bits per heavy atom. The predicted octanol–water partition coefficient (Wildman–Crippen LogP) is 5.21. The Balaban J connectivity index is 1.63. The van der Waals surface area contributed by atoms with E-state index >= 15 is 0 Å². The molecule has 32 heavy (non-hydrogen) atoms. The van der Waals surface area contributed by atoms with Crippen molar-refractivity contribution in [2.75, 3.05) is 13.1 Å². The van der Waals surface area contributed by atoms with E-state index in [4.69, 9.17) is 0 Å². The van der Waals surface area contributed by atoms with Crippen molar-refractivity contribution < 1.29 is 4.57 Å². The number of nitrogens with zero attached hydrogens (tertiary/aromatic N) is 1. The summed E-state index contributed by atoms with van der Waals surface area (Å²) in [4.78, 5) is 0. The van der Waals surface area contributed by atoms with Crippen LogP contribution in [-0.4, -0.2) is 17.8 Å². The lowest BCUT2D eigenvalue weighted by atomic mass is 10.2. The van der Waals surface area contributed by atoms with Gasteiger partial charge in [-0.25, -0.2) is 4.67 Å². The standard InChI is InChI=1S/C28H29N2OP/c31-32(27-17-9-3-10-18-27,28-19-11-4-12-20-28)30(24-26-15-7-2-8-16-26)22-21-29-23-25-13-5-1-6-14-25/h1-20,29H,21-24H2. The fourth-order valence-electron chi connectivity index (χ4n) is 3.89. The molecule has 162 valence electrons. The molecule has 0 aliphatic rings. The first-order valence-electron chi connectivity index (χ1n) is 11.0. The van der Waals surface area contributed by atoms with E-state index in [1.807, 2.05) is 84.9 Å². The molecule has 0 aliphatic heterocycles. The molecule has 0 amide bonds. The number of benzene rings is 4. The minimum Gasteiger partial charge on any atom is -0.311 e. The van der Waals surface area contributed by atoms with Crippen LogP contribution in [0.25, 0.3) is 0 Å². The zero-order chi connectivity index (χ0) is 22.1. The Bertz CT molecular complexity index is 1080. The molecule has 4 heteroatoms. The van der Waals surface area contributed by atoms with E-state index in [0.717, 1.165) is 29.3 Å². The fourth-order valence-corrected chi connectivity index (χ4v) is 6.73. The third kappa shape index (κ3) is 5.44. The number of nitrogens with one attached hydrogen (secondary N) is 1. The second kappa shape index (κ2) is 11.1. The van der Waals surface area contributed by atoms with Crippen LogP contribution in [0, 0.1) is 0 Å². The lowest BCUT2D eigenvalue weighted by molar-refractivity contribution is 0.409. The van der Waals surface area contributed by atoms with Gasteiger partial charge < -0.3 is 5.32 Å². The van der Waals surface area contributed by atoms with Gasteiger partial charge in [0.25, 0.3) is 0 Å². The molecule has 0 atom stereocenters. The summed E-state index contributed by atoms with van der Waals surface area (Å²) >= 11 is 0. The smallest absolute Gasteiger partial charge is 0.207 e. The molecule has 0 saturated carbocycles. The Hall–Kier alpha value is -2.97. The zero-order valence-corrected chi connectivity index (χ0v) is 19.1. The van der Waals surface area contributed by atoms with Crippen LogP contribution in [0.5, 0.6) is 0 Å². The normalized spacial score (nSPS) is 11.5. The first-order chi connectivity index (χ1) is 15.8. The summed E-state index contributed by atoms with van der Waals surface area (Å²) < 4.78 is 17.0. The van der Waals surface area contributed by atoms with Gasteiger partial charge in [-0.1, -0.05) is 97.1 Å². The summed E-state index contributed by atoms with van der Waals surface area (Å²) in [6.07, 6.45) is 0. The van der Waals surface area contributed by atoms with Crippen molar-refractivity contribution in [3.63, 3.8) is 0 Å². The molecule has 3 nitrogen and oxygen atoms in total. The molecule has 4 aromatic carbocycles. The highest BCUT2D eigenvalue weighted by Crippen LogP contribution is 2.48. The van der Waals surface area contributed by atoms with Gasteiger partial charge in [-0.05, 0) is 35.4 Å². The van der Waals surface area contributed by atoms with E-state index in [1.165, 1.54) is 5.56 Å². The maximum Gasteiger partial charge on any atom is 0.207 e. The fraction of sp³-hybridized carbons (Fsp3) is 0.143. The Kier molecular flexibility index (Phi) is 7.68. The Morgan fingerprint density at radius 2 is 1.03 bits per heavy atom. The van der Waals surface area contributed by atoms with Gasteiger partial charge in [-0.3, -0.25) is 4.57 Å². The van der Waals surface area contributed by atoms with Crippen molar-refractivity contribution in [3.8, 4) is 0 Å². The minimum atomic E-state index is -3.02. The summed E-state index contributed by atoms with van der Waals surface area (Å²) in [7, 11) is -3.02. The molecular weight excluding hydrogens is 411 g/mol. The summed E-state index contributed by atoms with van der Waals surface area (Å²) in [5.41, 5.74) is 2.40. The van der Waals surface area contributed by atoms with Gasteiger partial charge >= 0.3 is 0 Å². The van der Waals surface area contributed by atoms with Crippen LogP contribution < -0.4 is 15.9 Å². The quantitative estimate of drug-likeness (QED) is 0.272. The van der Waals surface area contributed by atoms with Crippen molar-refractivity contribution in [1.82, 2.24) is 9.99 Å². The highest BCUT2D eigenvalue weighted by atomic mass is 31.2. The molecule has 0 fully saturated rings. The minimum absolute atomic E-state index is 0.620. The van der Waals surface area contributed by atoms with Crippen molar-refractivity contribution in [3.05, 3.63) is 132 Å². The van der Waals surface area contributed by atoms with Crippen LogP contribution in [0.3, 0.4) is 0 Å². The maximum atomic E-state index is 14.9. The molecule has 0 aliphatic carbocycles. The number of hydrogen-bond acceptors (Lipinski definition) is 2. The third-order valence-electron chi connectivity index (χ3n) is 5.54. The van der Waals surface area contributed by atoms with E-state index in [1.54, 1.807) is 0 Å². The zero-order valence-electron chi connectivity index (χ0n) is 18.2. The van der Waals surface area contributed by atoms with Gasteiger partial charge in [0.15, 0.2) is 0 Å². The van der Waals surface area contributed by atoms with Gasteiger partial charge in [0.2, 0.25) is 7.29 Å². The lowest BCUT2D eigenvalue weighted by Gasteiger charge is -2.33. The van der Waals surface area contributed by atoms with Gasteiger partial charge in [0.1, 0.15) is 0 Å². The predicted molar refractivity (Wildman–Crippen MR) is 135 cm³/mol. The monoisotopic (exact) mass is 440 g/mol. The highest BCUT2D eigenvalue weighted by Gasteiger charge is 2.34. The number of hydrogen-bond donors (Lipinski definition) is 1. The van der Waals surface area contributed by atoms with Gasteiger partial charge in [-0.15, -0.1) is 0 Å². The Labute approximate surface area is 191 Å². The van der Waals surface area contributed by atoms with Crippen molar-refractivity contribution >= 4 is 17.9 Å². The largest absolute Gasteiger partial charge is 0.311 e. The molecular formula is C28H29N2OP. The summed E-state index contributed by atoms with van der Waals surface area (Å²) in [6.45, 7) is 2.82. The van der Waals surface area contributed by atoms with Crippen LogP contribution in [0.4, 0.5) is 0 Å².